The molecule has 1 fully saturated rings. The van der Waals surface area contributed by atoms with Crippen LogP contribution in [-0.2, 0) is 11.2 Å². The Kier molecular flexibility index (Phi) is 5.51. The number of ketones is 1. The van der Waals surface area contributed by atoms with Crippen LogP contribution >= 0.6 is 0 Å². The number of rotatable bonds is 7. The van der Waals surface area contributed by atoms with E-state index in [-0.39, 0.29) is 18.2 Å². The molecule has 1 saturated heterocycles. The highest BCUT2D eigenvalue weighted by atomic mass is 16.4. The largest absolute Gasteiger partial charge is 0.481 e. The van der Waals surface area contributed by atoms with Crippen molar-refractivity contribution >= 4 is 11.8 Å². The standard InChI is InChI=1S/C17H23NO3/c1-2-13-5-7-14(8-6-13)16(19)9-11-18-10-3-4-15(18)12-17(20)21/h5-8,15H,2-4,9-12H2,1H3,(H,20,21). The summed E-state index contributed by atoms with van der Waals surface area (Å²) in [7, 11) is 0. The van der Waals surface area contributed by atoms with E-state index in [1.54, 1.807) is 0 Å². The van der Waals surface area contributed by atoms with Gasteiger partial charge >= 0.3 is 5.97 Å². The summed E-state index contributed by atoms with van der Waals surface area (Å²) in [6, 6.07) is 7.87. The lowest BCUT2D eigenvalue weighted by Gasteiger charge is -2.22. The number of Topliss-reactive ketones (excluding diaryl/α,β-unsaturated/α-hetero) is 1. The van der Waals surface area contributed by atoms with Gasteiger partial charge in [-0.3, -0.25) is 14.5 Å². The second-order valence-electron chi connectivity index (χ2n) is 5.65. The first-order chi connectivity index (χ1) is 10.1. The van der Waals surface area contributed by atoms with Crippen molar-refractivity contribution in [3.63, 3.8) is 0 Å². The molecule has 0 aromatic heterocycles. The third-order valence-electron chi connectivity index (χ3n) is 4.22. The molecule has 1 aliphatic heterocycles. The molecule has 1 aromatic rings. The second kappa shape index (κ2) is 7.36. The van der Waals surface area contributed by atoms with Gasteiger partial charge in [-0.2, -0.15) is 0 Å². The van der Waals surface area contributed by atoms with E-state index < -0.39 is 5.97 Å². The summed E-state index contributed by atoms with van der Waals surface area (Å²) in [5.41, 5.74) is 1.98. The van der Waals surface area contributed by atoms with Crippen molar-refractivity contribution < 1.29 is 14.7 Å². The fraction of sp³-hybridized carbons (Fsp3) is 0.529. The second-order valence-corrected chi connectivity index (χ2v) is 5.65. The molecular formula is C17H23NO3. The molecule has 114 valence electrons. The SMILES string of the molecule is CCc1ccc(C(=O)CCN2CCCC2CC(=O)O)cc1. The molecule has 1 unspecified atom stereocenters. The maximum absolute atomic E-state index is 12.2. The van der Waals surface area contributed by atoms with Crippen molar-refractivity contribution in [2.75, 3.05) is 13.1 Å². The Morgan fingerprint density at radius 3 is 2.62 bits per heavy atom. The summed E-state index contributed by atoms with van der Waals surface area (Å²) in [6.45, 7) is 3.65. The topological polar surface area (TPSA) is 57.6 Å². The lowest BCUT2D eigenvalue weighted by molar-refractivity contribution is -0.138. The molecule has 1 atom stereocenters. The van der Waals surface area contributed by atoms with E-state index in [2.05, 4.69) is 11.8 Å². The number of hydrogen-bond acceptors (Lipinski definition) is 3. The first-order valence-electron chi connectivity index (χ1n) is 7.68. The van der Waals surface area contributed by atoms with E-state index in [4.69, 9.17) is 5.11 Å². The molecule has 21 heavy (non-hydrogen) atoms. The zero-order valence-electron chi connectivity index (χ0n) is 12.5. The molecule has 0 bridgehead atoms. The van der Waals surface area contributed by atoms with Gasteiger partial charge in [0.2, 0.25) is 0 Å². The maximum atomic E-state index is 12.2. The highest BCUT2D eigenvalue weighted by molar-refractivity contribution is 5.96. The van der Waals surface area contributed by atoms with Crippen LogP contribution in [0.25, 0.3) is 0 Å². The smallest absolute Gasteiger partial charge is 0.304 e. The van der Waals surface area contributed by atoms with Crippen LogP contribution in [0, 0.1) is 0 Å². The van der Waals surface area contributed by atoms with Crippen LogP contribution in [-0.4, -0.2) is 40.9 Å². The highest BCUT2D eigenvalue weighted by Gasteiger charge is 2.26. The highest BCUT2D eigenvalue weighted by Crippen LogP contribution is 2.20. The van der Waals surface area contributed by atoms with Crippen molar-refractivity contribution in [1.29, 1.82) is 0 Å². The molecule has 1 aliphatic rings. The molecule has 0 saturated carbocycles. The zero-order chi connectivity index (χ0) is 15.2. The molecule has 4 nitrogen and oxygen atoms in total. The van der Waals surface area contributed by atoms with Crippen molar-refractivity contribution in [3.05, 3.63) is 35.4 Å². The molecular weight excluding hydrogens is 266 g/mol. The van der Waals surface area contributed by atoms with Gasteiger partial charge in [-0.25, -0.2) is 0 Å². The van der Waals surface area contributed by atoms with Crippen LogP contribution in [0.15, 0.2) is 24.3 Å². The number of nitrogens with zero attached hydrogens (tertiary/aromatic N) is 1. The van der Waals surface area contributed by atoms with Crippen molar-refractivity contribution in [1.82, 2.24) is 4.90 Å². The molecule has 0 amide bonds. The Morgan fingerprint density at radius 1 is 1.29 bits per heavy atom. The molecule has 2 rings (SSSR count). The Bertz CT molecular complexity index is 495. The number of aryl methyl sites for hydroxylation is 1. The predicted molar refractivity (Wildman–Crippen MR) is 81.6 cm³/mol. The van der Waals surface area contributed by atoms with E-state index in [0.29, 0.717) is 13.0 Å². The molecule has 1 aromatic carbocycles. The number of hydrogen-bond donors (Lipinski definition) is 1. The molecule has 1 heterocycles. The van der Waals surface area contributed by atoms with Gasteiger partial charge < -0.3 is 5.11 Å². The number of carboxylic acids is 1. The maximum Gasteiger partial charge on any atom is 0.304 e. The Morgan fingerprint density at radius 2 is 2.00 bits per heavy atom. The third-order valence-corrected chi connectivity index (χ3v) is 4.22. The number of benzene rings is 1. The van der Waals surface area contributed by atoms with Crippen LogP contribution < -0.4 is 0 Å². The van der Waals surface area contributed by atoms with E-state index in [1.807, 2.05) is 24.3 Å². The lowest BCUT2D eigenvalue weighted by atomic mass is 10.0. The Labute approximate surface area is 125 Å². The number of aliphatic carboxylic acids is 1. The molecule has 0 spiro atoms. The minimum atomic E-state index is -0.756. The summed E-state index contributed by atoms with van der Waals surface area (Å²) >= 11 is 0. The summed E-state index contributed by atoms with van der Waals surface area (Å²) in [5, 5.41) is 8.90. The minimum absolute atomic E-state index is 0.0952. The van der Waals surface area contributed by atoms with Crippen LogP contribution in [0.1, 0.15) is 48.5 Å². The van der Waals surface area contributed by atoms with Gasteiger partial charge in [-0.15, -0.1) is 0 Å². The molecule has 0 radical (unpaired) electrons. The van der Waals surface area contributed by atoms with Gasteiger partial charge in [0.25, 0.3) is 0 Å². The van der Waals surface area contributed by atoms with Gasteiger partial charge in [-0.1, -0.05) is 31.2 Å². The number of carbonyl (C=O) groups is 2. The van der Waals surface area contributed by atoms with Gasteiger partial charge in [0.15, 0.2) is 5.78 Å². The molecule has 4 heteroatoms. The summed E-state index contributed by atoms with van der Waals surface area (Å²) in [4.78, 5) is 25.2. The minimum Gasteiger partial charge on any atom is -0.481 e. The number of likely N-dealkylation sites (tertiary alicyclic amines) is 1. The lowest BCUT2D eigenvalue weighted by Crippen LogP contribution is -2.33. The number of carboxylic acid groups (broad SMARTS) is 1. The fourth-order valence-electron chi connectivity index (χ4n) is 2.94. The third kappa shape index (κ3) is 4.39. The monoisotopic (exact) mass is 289 g/mol. The van der Waals surface area contributed by atoms with E-state index >= 15 is 0 Å². The molecule has 1 N–H and O–H groups in total. The average molecular weight is 289 g/mol. The molecule has 0 aliphatic carbocycles. The van der Waals surface area contributed by atoms with E-state index in [1.165, 1.54) is 5.56 Å². The van der Waals surface area contributed by atoms with Crippen LogP contribution in [0.3, 0.4) is 0 Å². The first-order valence-corrected chi connectivity index (χ1v) is 7.68. The van der Waals surface area contributed by atoms with Crippen molar-refractivity contribution in [2.24, 2.45) is 0 Å². The van der Waals surface area contributed by atoms with Crippen molar-refractivity contribution in [3.8, 4) is 0 Å². The normalized spacial score (nSPS) is 18.8. The fourth-order valence-corrected chi connectivity index (χ4v) is 2.94. The van der Waals surface area contributed by atoms with E-state index in [0.717, 1.165) is 31.4 Å². The Hall–Kier alpha value is -1.68. The van der Waals surface area contributed by atoms with Gasteiger partial charge in [0.1, 0.15) is 0 Å². The predicted octanol–water partition coefficient (Wildman–Crippen LogP) is 2.76. The quantitative estimate of drug-likeness (QED) is 0.784. The summed E-state index contributed by atoms with van der Waals surface area (Å²) < 4.78 is 0. The first kappa shape index (κ1) is 15.7. The van der Waals surface area contributed by atoms with Gasteiger partial charge in [0, 0.05) is 24.6 Å². The van der Waals surface area contributed by atoms with Crippen LogP contribution in [0.2, 0.25) is 0 Å². The Balaban J connectivity index is 1.86. The zero-order valence-corrected chi connectivity index (χ0v) is 12.5. The summed E-state index contributed by atoms with van der Waals surface area (Å²) in [5.74, 6) is -0.619. The van der Waals surface area contributed by atoms with Gasteiger partial charge in [-0.05, 0) is 31.4 Å². The van der Waals surface area contributed by atoms with Gasteiger partial charge in [0.05, 0.1) is 6.42 Å². The van der Waals surface area contributed by atoms with Crippen LogP contribution in [0.5, 0.6) is 0 Å². The van der Waals surface area contributed by atoms with E-state index in [9.17, 15) is 9.59 Å². The average Bonchev–Trinajstić information content (AvgIpc) is 2.91. The van der Waals surface area contributed by atoms with Crippen molar-refractivity contribution in [2.45, 2.75) is 45.1 Å². The number of carbonyl (C=O) groups excluding carboxylic acids is 1. The van der Waals surface area contributed by atoms with Crippen LogP contribution in [0.4, 0.5) is 0 Å². The summed E-state index contributed by atoms with van der Waals surface area (Å²) in [6.07, 6.45) is 3.56.